The third kappa shape index (κ3) is 1.83. The molecule has 0 N–H and O–H groups in total. The van der Waals surface area contributed by atoms with Gasteiger partial charge in [0.2, 0.25) is 0 Å². The second kappa shape index (κ2) is 3.27. The van der Waals surface area contributed by atoms with Crippen LogP contribution in [0.5, 0.6) is 0 Å². The van der Waals surface area contributed by atoms with E-state index in [9.17, 15) is 13.2 Å². The van der Waals surface area contributed by atoms with Crippen molar-refractivity contribution in [1.29, 1.82) is 0 Å². The molecular formula is C10H9NO3S. The summed E-state index contributed by atoms with van der Waals surface area (Å²) in [7, 11) is -3.22. The fourth-order valence-corrected chi connectivity index (χ4v) is 2.16. The molecule has 2 aliphatic rings. The highest BCUT2D eigenvalue weighted by atomic mass is 32.2. The molecule has 0 aromatic carbocycles. The number of allylic oxidation sites excluding steroid dienone is 3. The van der Waals surface area contributed by atoms with E-state index in [4.69, 9.17) is 0 Å². The van der Waals surface area contributed by atoms with Crippen molar-refractivity contribution in [2.45, 2.75) is 0 Å². The van der Waals surface area contributed by atoms with E-state index in [1.54, 1.807) is 12.2 Å². The predicted molar refractivity (Wildman–Crippen MR) is 57.1 cm³/mol. The summed E-state index contributed by atoms with van der Waals surface area (Å²) in [5.41, 5.74) is 0.679. The molecule has 0 spiro atoms. The van der Waals surface area contributed by atoms with E-state index in [0.717, 1.165) is 6.26 Å². The molecule has 0 bridgehead atoms. The smallest absolute Gasteiger partial charge is 0.257 e. The van der Waals surface area contributed by atoms with E-state index in [-0.39, 0.29) is 10.8 Å². The van der Waals surface area contributed by atoms with Gasteiger partial charge >= 0.3 is 0 Å². The lowest BCUT2D eigenvalue weighted by molar-refractivity contribution is -0.119. The quantitative estimate of drug-likeness (QED) is 0.655. The molecule has 0 saturated heterocycles. The largest absolute Gasteiger partial charge is 0.272 e. The predicted octanol–water partition coefficient (Wildman–Crippen LogP) is 0.638. The molecule has 4 nitrogen and oxygen atoms in total. The zero-order chi connectivity index (χ0) is 11.1. The highest BCUT2D eigenvalue weighted by molar-refractivity contribution is 7.94. The van der Waals surface area contributed by atoms with Gasteiger partial charge in [-0.15, -0.1) is 0 Å². The molecule has 1 aliphatic carbocycles. The molecule has 0 saturated carbocycles. The molecule has 0 radical (unpaired) electrons. The van der Waals surface area contributed by atoms with Crippen LogP contribution in [0.3, 0.4) is 0 Å². The van der Waals surface area contributed by atoms with Gasteiger partial charge in [-0.2, -0.15) is 0 Å². The van der Waals surface area contributed by atoms with Crippen LogP contribution in [0.1, 0.15) is 0 Å². The van der Waals surface area contributed by atoms with Crippen LogP contribution in [0.25, 0.3) is 0 Å². The first-order valence-electron chi connectivity index (χ1n) is 4.36. The molecule has 5 heteroatoms. The standard InChI is InChI=1S/C10H9NO3S/c1-15(13,14)8-2-3-9-7(6-8)4-5-11-10(9)12/h2-6,9H,1H3. The average molecular weight is 223 g/mol. The molecule has 1 amide bonds. The normalized spacial score (nSPS) is 24.6. The SMILES string of the molecule is CS(=O)(=O)C1=CC2=CC=NC(=O)C2C=C1. The van der Waals surface area contributed by atoms with Gasteiger partial charge in [-0.1, -0.05) is 6.08 Å². The summed E-state index contributed by atoms with van der Waals surface area (Å²) in [6, 6.07) is 0. The molecule has 1 heterocycles. The van der Waals surface area contributed by atoms with Crippen molar-refractivity contribution in [1.82, 2.24) is 0 Å². The number of amides is 1. The molecule has 2 rings (SSSR count). The molecular weight excluding hydrogens is 214 g/mol. The maximum atomic E-state index is 11.3. The van der Waals surface area contributed by atoms with Gasteiger partial charge in [-0.05, 0) is 23.8 Å². The molecule has 0 aromatic rings. The lowest BCUT2D eigenvalue weighted by Crippen LogP contribution is -2.18. The van der Waals surface area contributed by atoms with Gasteiger partial charge in [0, 0.05) is 12.5 Å². The second-order valence-electron chi connectivity index (χ2n) is 3.44. The van der Waals surface area contributed by atoms with E-state index >= 15 is 0 Å². The van der Waals surface area contributed by atoms with Crippen molar-refractivity contribution in [3.05, 3.63) is 34.8 Å². The summed E-state index contributed by atoms with van der Waals surface area (Å²) in [6.07, 6.45) is 8.73. The van der Waals surface area contributed by atoms with Crippen LogP contribution in [0, 0.1) is 5.92 Å². The van der Waals surface area contributed by atoms with Crippen molar-refractivity contribution in [2.75, 3.05) is 6.26 Å². The Kier molecular flexibility index (Phi) is 2.19. The summed E-state index contributed by atoms with van der Waals surface area (Å²) in [6.45, 7) is 0. The fraction of sp³-hybridized carbons (Fsp3) is 0.200. The van der Waals surface area contributed by atoms with Gasteiger partial charge in [0.05, 0.1) is 10.8 Å². The van der Waals surface area contributed by atoms with Crippen LogP contribution in [-0.2, 0) is 14.6 Å². The van der Waals surface area contributed by atoms with Crippen molar-refractivity contribution in [2.24, 2.45) is 10.9 Å². The number of aliphatic imine (C=N–C) groups is 1. The molecule has 1 unspecified atom stereocenters. The van der Waals surface area contributed by atoms with Gasteiger partial charge in [-0.25, -0.2) is 13.4 Å². The number of dihydropyridines is 1. The van der Waals surface area contributed by atoms with Crippen molar-refractivity contribution >= 4 is 22.0 Å². The van der Waals surface area contributed by atoms with E-state index in [1.807, 2.05) is 0 Å². The Morgan fingerprint density at radius 3 is 2.80 bits per heavy atom. The monoisotopic (exact) mass is 223 g/mol. The van der Waals surface area contributed by atoms with Crippen LogP contribution >= 0.6 is 0 Å². The van der Waals surface area contributed by atoms with E-state index < -0.39 is 15.8 Å². The Morgan fingerprint density at radius 1 is 1.40 bits per heavy atom. The van der Waals surface area contributed by atoms with E-state index in [0.29, 0.717) is 5.57 Å². The maximum absolute atomic E-state index is 11.3. The first kappa shape index (κ1) is 10.0. The lowest BCUT2D eigenvalue weighted by Gasteiger charge is -2.17. The minimum atomic E-state index is -3.22. The Bertz CT molecular complexity index is 535. The van der Waals surface area contributed by atoms with Gasteiger partial charge in [0.25, 0.3) is 5.91 Å². The summed E-state index contributed by atoms with van der Waals surface area (Å²) in [5, 5.41) is 0. The summed E-state index contributed by atoms with van der Waals surface area (Å²) in [4.78, 5) is 15.2. The molecule has 15 heavy (non-hydrogen) atoms. The number of nitrogens with zero attached hydrogens (tertiary/aromatic N) is 1. The summed E-state index contributed by atoms with van der Waals surface area (Å²) < 4.78 is 22.6. The second-order valence-corrected chi connectivity index (χ2v) is 5.45. The van der Waals surface area contributed by atoms with E-state index in [2.05, 4.69) is 4.99 Å². The number of hydrogen-bond donors (Lipinski definition) is 0. The first-order chi connectivity index (χ1) is 6.98. The molecule has 1 aliphatic heterocycles. The van der Waals surface area contributed by atoms with Gasteiger partial charge in [-0.3, -0.25) is 4.79 Å². The zero-order valence-electron chi connectivity index (χ0n) is 8.04. The van der Waals surface area contributed by atoms with E-state index in [1.165, 1.54) is 18.4 Å². The third-order valence-electron chi connectivity index (χ3n) is 2.28. The number of hydrogen-bond acceptors (Lipinski definition) is 3. The Hall–Kier alpha value is -1.49. The number of sulfone groups is 1. The minimum absolute atomic E-state index is 0.230. The maximum Gasteiger partial charge on any atom is 0.257 e. The number of carbonyl (C=O) groups is 1. The molecule has 1 atom stereocenters. The highest BCUT2D eigenvalue weighted by Crippen LogP contribution is 2.27. The van der Waals surface area contributed by atoms with Crippen LogP contribution in [0.2, 0.25) is 0 Å². The van der Waals surface area contributed by atoms with Crippen molar-refractivity contribution < 1.29 is 13.2 Å². The minimum Gasteiger partial charge on any atom is -0.272 e. The zero-order valence-corrected chi connectivity index (χ0v) is 8.86. The van der Waals surface area contributed by atoms with Crippen LogP contribution in [-0.4, -0.2) is 26.8 Å². The number of rotatable bonds is 1. The highest BCUT2D eigenvalue weighted by Gasteiger charge is 2.25. The van der Waals surface area contributed by atoms with Gasteiger partial charge in [0.15, 0.2) is 9.84 Å². The van der Waals surface area contributed by atoms with Crippen LogP contribution in [0.15, 0.2) is 39.8 Å². The van der Waals surface area contributed by atoms with Crippen LogP contribution in [0.4, 0.5) is 0 Å². The first-order valence-corrected chi connectivity index (χ1v) is 6.26. The lowest BCUT2D eigenvalue weighted by atomic mass is 9.92. The summed E-state index contributed by atoms with van der Waals surface area (Å²) in [5.74, 6) is -0.673. The van der Waals surface area contributed by atoms with Crippen molar-refractivity contribution in [3.63, 3.8) is 0 Å². The number of carbonyl (C=O) groups excluding carboxylic acids is 1. The van der Waals surface area contributed by atoms with Gasteiger partial charge < -0.3 is 0 Å². The Balaban J connectivity index is 2.47. The molecule has 78 valence electrons. The average Bonchev–Trinajstić information content (AvgIpc) is 2.16. The topological polar surface area (TPSA) is 63.6 Å². The van der Waals surface area contributed by atoms with Crippen molar-refractivity contribution in [3.8, 4) is 0 Å². The Morgan fingerprint density at radius 2 is 2.13 bits per heavy atom. The molecule has 0 aromatic heterocycles. The van der Waals surface area contributed by atoms with Crippen LogP contribution < -0.4 is 0 Å². The van der Waals surface area contributed by atoms with Gasteiger partial charge in [0.1, 0.15) is 0 Å². The summed E-state index contributed by atoms with van der Waals surface area (Å²) >= 11 is 0. The fourth-order valence-electron chi connectivity index (χ4n) is 1.49. The molecule has 0 fully saturated rings. The third-order valence-corrected chi connectivity index (χ3v) is 3.39. The Labute approximate surface area is 87.6 Å². The number of fused-ring (bicyclic) bond motifs is 1.